The zero-order valence-corrected chi connectivity index (χ0v) is 11.1. The minimum Gasteiger partial charge on any atom is -0.382 e. The lowest BCUT2D eigenvalue weighted by Crippen LogP contribution is -2.18. The van der Waals surface area contributed by atoms with Crippen molar-refractivity contribution in [3.8, 4) is 0 Å². The van der Waals surface area contributed by atoms with Gasteiger partial charge >= 0.3 is 0 Å². The van der Waals surface area contributed by atoms with E-state index in [2.05, 4.69) is 5.32 Å². The molecule has 1 unspecified atom stereocenters. The molecule has 2 nitrogen and oxygen atoms in total. The first-order chi connectivity index (χ1) is 7.70. The van der Waals surface area contributed by atoms with Crippen LogP contribution in [0.2, 0.25) is 10.0 Å². The molecule has 0 aliphatic heterocycles. The quantitative estimate of drug-likeness (QED) is 0.789. The van der Waals surface area contributed by atoms with E-state index in [4.69, 9.17) is 27.9 Å². The number of ether oxygens (including phenoxy) is 1. The fraction of sp³-hybridized carbons (Fsp3) is 0.500. The normalized spacial score (nSPS) is 12.8. The van der Waals surface area contributed by atoms with Gasteiger partial charge in [0.15, 0.2) is 0 Å². The summed E-state index contributed by atoms with van der Waals surface area (Å²) >= 11 is 12.2. The van der Waals surface area contributed by atoms with Crippen molar-refractivity contribution in [1.29, 1.82) is 0 Å². The van der Waals surface area contributed by atoms with Crippen molar-refractivity contribution >= 4 is 23.2 Å². The highest BCUT2D eigenvalue weighted by atomic mass is 35.5. The molecule has 0 aliphatic rings. The molecule has 0 saturated heterocycles. The molecule has 16 heavy (non-hydrogen) atoms. The van der Waals surface area contributed by atoms with Gasteiger partial charge in [0.1, 0.15) is 0 Å². The second-order valence-corrected chi connectivity index (χ2v) is 4.26. The van der Waals surface area contributed by atoms with Crippen LogP contribution in [0.4, 0.5) is 0 Å². The van der Waals surface area contributed by atoms with Crippen LogP contribution in [-0.4, -0.2) is 20.3 Å². The molecule has 0 radical (unpaired) electrons. The summed E-state index contributed by atoms with van der Waals surface area (Å²) in [6.45, 7) is 3.44. The molecule has 0 aliphatic carbocycles. The number of halogens is 2. The molecule has 0 spiro atoms. The summed E-state index contributed by atoms with van der Waals surface area (Å²) in [5.41, 5.74) is 1.02. The van der Waals surface area contributed by atoms with E-state index in [1.807, 2.05) is 26.1 Å². The fourth-order valence-electron chi connectivity index (χ4n) is 1.59. The van der Waals surface area contributed by atoms with Crippen LogP contribution in [0.1, 0.15) is 24.9 Å². The van der Waals surface area contributed by atoms with E-state index >= 15 is 0 Å². The lowest BCUT2D eigenvalue weighted by Gasteiger charge is -2.18. The van der Waals surface area contributed by atoms with E-state index < -0.39 is 0 Å². The first-order valence-electron chi connectivity index (χ1n) is 5.39. The summed E-state index contributed by atoms with van der Waals surface area (Å²) < 4.78 is 5.34. The largest absolute Gasteiger partial charge is 0.382 e. The highest BCUT2D eigenvalue weighted by molar-refractivity contribution is 6.42. The maximum atomic E-state index is 6.17. The third-order valence-corrected chi connectivity index (χ3v) is 3.29. The average Bonchev–Trinajstić information content (AvgIpc) is 2.29. The van der Waals surface area contributed by atoms with Crippen LogP contribution in [0.15, 0.2) is 18.2 Å². The first-order valence-corrected chi connectivity index (χ1v) is 6.15. The monoisotopic (exact) mass is 261 g/mol. The number of hydrogen-bond acceptors (Lipinski definition) is 2. The topological polar surface area (TPSA) is 21.3 Å². The van der Waals surface area contributed by atoms with Gasteiger partial charge in [0.05, 0.1) is 10.0 Å². The van der Waals surface area contributed by atoms with Crippen LogP contribution in [-0.2, 0) is 4.74 Å². The zero-order valence-electron chi connectivity index (χ0n) is 9.59. The van der Waals surface area contributed by atoms with Crippen LogP contribution in [0, 0.1) is 0 Å². The molecule has 0 heterocycles. The Hall–Kier alpha value is -0.280. The second-order valence-electron chi connectivity index (χ2n) is 3.47. The van der Waals surface area contributed by atoms with Crippen molar-refractivity contribution in [2.24, 2.45) is 0 Å². The molecule has 1 atom stereocenters. The molecule has 1 N–H and O–H groups in total. The predicted octanol–water partition coefficient (Wildman–Crippen LogP) is 3.68. The maximum Gasteiger partial charge on any atom is 0.0640 e. The summed E-state index contributed by atoms with van der Waals surface area (Å²) in [6, 6.07) is 5.87. The van der Waals surface area contributed by atoms with Crippen LogP contribution in [0.25, 0.3) is 0 Å². The van der Waals surface area contributed by atoms with E-state index in [-0.39, 0.29) is 6.04 Å². The highest BCUT2D eigenvalue weighted by Crippen LogP contribution is 2.31. The van der Waals surface area contributed by atoms with E-state index in [0.29, 0.717) is 16.7 Å². The second kappa shape index (κ2) is 7.13. The standard InChI is InChI=1S/C12H17Cl2NO/c1-3-16-8-7-11(15-2)9-5-4-6-10(13)12(9)14/h4-6,11,15H,3,7-8H2,1-2H3. The van der Waals surface area contributed by atoms with E-state index in [0.717, 1.165) is 18.6 Å². The van der Waals surface area contributed by atoms with E-state index in [1.54, 1.807) is 6.07 Å². The van der Waals surface area contributed by atoms with Crippen LogP contribution < -0.4 is 5.32 Å². The van der Waals surface area contributed by atoms with Crippen LogP contribution >= 0.6 is 23.2 Å². The maximum absolute atomic E-state index is 6.17. The van der Waals surface area contributed by atoms with E-state index in [1.165, 1.54) is 0 Å². The van der Waals surface area contributed by atoms with Gasteiger partial charge in [-0.15, -0.1) is 0 Å². The Labute approximate surface area is 107 Å². The summed E-state index contributed by atoms with van der Waals surface area (Å²) in [5, 5.41) is 4.44. The SMILES string of the molecule is CCOCCC(NC)c1cccc(Cl)c1Cl. The molecule has 1 aromatic carbocycles. The number of benzene rings is 1. The van der Waals surface area contributed by atoms with Gasteiger partial charge in [-0.05, 0) is 32.0 Å². The number of rotatable bonds is 6. The Kier molecular flexibility index (Phi) is 6.14. The van der Waals surface area contributed by atoms with Crippen molar-refractivity contribution in [2.45, 2.75) is 19.4 Å². The third-order valence-electron chi connectivity index (χ3n) is 2.46. The molecular weight excluding hydrogens is 245 g/mol. The van der Waals surface area contributed by atoms with Crippen molar-refractivity contribution in [1.82, 2.24) is 5.32 Å². The average molecular weight is 262 g/mol. The lowest BCUT2D eigenvalue weighted by atomic mass is 10.0. The molecule has 0 saturated carbocycles. The molecular formula is C12H17Cl2NO. The Balaban J connectivity index is 2.74. The number of hydrogen-bond donors (Lipinski definition) is 1. The first kappa shape index (κ1) is 13.8. The molecule has 0 bridgehead atoms. The van der Waals surface area contributed by atoms with Crippen LogP contribution in [0.3, 0.4) is 0 Å². The van der Waals surface area contributed by atoms with Crippen LogP contribution in [0.5, 0.6) is 0 Å². The van der Waals surface area contributed by atoms with Crippen molar-refractivity contribution in [3.63, 3.8) is 0 Å². The molecule has 0 aromatic heterocycles. The summed E-state index contributed by atoms with van der Waals surface area (Å²) in [4.78, 5) is 0. The van der Waals surface area contributed by atoms with E-state index in [9.17, 15) is 0 Å². The van der Waals surface area contributed by atoms with Gasteiger partial charge in [0, 0.05) is 19.3 Å². The Morgan fingerprint density at radius 2 is 2.12 bits per heavy atom. The zero-order chi connectivity index (χ0) is 12.0. The molecule has 0 amide bonds. The van der Waals surface area contributed by atoms with Gasteiger partial charge in [-0.2, -0.15) is 0 Å². The van der Waals surface area contributed by atoms with Gasteiger partial charge in [0.25, 0.3) is 0 Å². The molecule has 1 rings (SSSR count). The fourth-order valence-corrected chi connectivity index (χ4v) is 2.03. The smallest absolute Gasteiger partial charge is 0.0640 e. The van der Waals surface area contributed by atoms with Gasteiger partial charge in [-0.25, -0.2) is 0 Å². The van der Waals surface area contributed by atoms with Gasteiger partial charge in [-0.3, -0.25) is 0 Å². The lowest BCUT2D eigenvalue weighted by molar-refractivity contribution is 0.137. The Bertz CT molecular complexity index is 331. The van der Waals surface area contributed by atoms with Gasteiger partial charge < -0.3 is 10.1 Å². The molecule has 4 heteroatoms. The summed E-state index contributed by atoms with van der Waals surface area (Å²) in [6.07, 6.45) is 0.879. The number of nitrogens with one attached hydrogen (secondary N) is 1. The minimum atomic E-state index is 0.178. The van der Waals surface area contributed by atoms with Crippen molar-refractivity contribution in [2.75, 3.05) is 20.3 Å². The Morgan fingerprint density at radius 3 is 2.75 bits per heavy atom. The molecule has 90 valence electrons. The van der Waals surface area contributed by atoms with Gasteiger partial charge in [0.2, 0.25) is 0 Å². The third kappa shape index (κ3) is 3.63. The predicted molar refractivity (Wildman–Crippen MR) is 69.4 cm³/mol. The molecule has 1 aromatic rings. The minimum absolute atomic E-state index is 0.178. The molecule has 0 fully saturated rings. The Morgan fingerprint density at radius 1 is 1.38 bits per heavy atom. The van der Waals surface area contributed by atoms with Gasteiger partial charge in [-0.1, -0.05) is 35.3 Å². The van der Waals surface area contributed by atoms with Crippen molar-refractivity contribution in [3.05, 3.63) is 33.8 Å². The summed E-state index contributed by atoms with van der Waals surface area (Å²) in [7, 11) is 1.91. The highest BCUT2D eigenvalue weighted by Gasteiger charge is 2.14. The summed E-state index contributed by atoms with van der Waals surface area (Å²) in [5.74, 6) is 0. The van der Waals surface area contributed by atoms with Crippen molar-refractivity contribution < 1.29 is 4.74 Å².